The maximum absolute atomic E-state index is 12.7. The minimum Gasteiger partial charge on any atom is -0.484 e. The van der Waals surface area contributed by atoms with Gasteiger partial charge in [-0.05, 0) is 61.4 Å². The van der Waals surface area contributed by atoms with Gasteiger partial charge in [-0.1, -0.05) is 36.4 Å². The van der Waals surface area contributed by atoms with Crippen molar-refractivity contribution in [2.75, 3.05) is 23.3 Å². The second kappa shape index (κ2) is 9.00. The van der Waals surface area contributed by atoms with E-state index in [1.165, 1.54) is 11.4 Å². The van der Waals surface area contributed by atoms with E-state index in [9.17, 15) is 13.2 Å². The van der Waals surface area contributed by atoms with Crippen LogP contribution < -0.4 is 14.4 Å². The van der Waals surface area contributed by atoms with Gasteiger partial charge in [0.2, 0.25) is 0 Å². The van der Waals surface area contributed by atoms with Gasteiger partial charge in [-0.25, -0.2) is 8.42 Å². The average Bonchev–Trinajstić information content (AvgIpc) is 2.75. The van der Waals surface area contributed by atoms with Crippen LogP contribution in [-0.4, -0.2) is 28.0 Å². The molecule has 0 bridgehead atoms. The van der Waals surface area contributed by atoms with Crippen LogP contribution >= 0.6 is 0 Å². The fourth-order valence-electron chi connectivity index (χ4n) is 2.98. The Bertz CT molecular complexity index is 1110. The summed E-state index contributed by atoms with van der Waals surface area (Å²) in [5, 5.41) is 2.86. The number of benzene rings is 3. The van der Waals surface area contributed by atoms with Crippen LogP contribution in [0.2, 0.25) is 0 Å². The number of carbonyl (C=O) groups is 1. The normalized spacial score (nSPS) is 11.0. The maximum Gasteiger partial charge on any atom is 0.264 e. The Kier molecular flexibility index (Phi) is 6.42. The van der Waals surface area contributed by atoms with Gasteiger partial charge in [-0.2, -0.15) is 0 Å². The number of hydrogen-bond acceptors (Lipinski definition) is 4. The molecule has 0 atom stereocenters. The lowest BCUT2D eigenvalue weighted by Gasteiger charge is -2.19. The zero-order valence-corrected chi connectivity index (χ0v) is 17.9. The Morgan fingerprint density at radius 3 is 2.10 bits per heavy atom. The third-order valence-corrected chi connectivity index (χ3v) is 6.52. The quantitative estimate of drug-likeness (QED) is 0.618. The van der Waals surface area contributed by atoms with E-state index in [2.05, 4.69) is 5.32 Å². The molecule has 0 fully saturated rings. The molecule has 0 heterocycles. The lowest BCUT2D eigenvalue weighted by molar-refractivity contribution is -0.118. The predicted molar refractivity (Wildman–Crippen MR) is 119 cm³/mol. The first-order valence-electron chi connectivity index (χ1n) is 9.42. The molecule has 1 N–H and O–H groups in total. The SMILES string of the molecule is Cc1cccc(C)c1NC(=O)COc1ccc(N(C)S(=O)(=O)c2ccccc2)cc1. The summed E-state index contributed by atoms with van der Waals surface area (Å²) in [6.45, 7) is 3.72. The van der Waals surface area contributed by atoms with E-state index in [-0.39, 0.29) is 17.4 Å². The zero-order valence-electron chi connectivity index (χ0n) is 17.1. The highest BCUT2D eigenvalue weighted by atomic mass is 32.2. The Morgan fingerprint density at radius 1 is 0.900 bits per heavy atom. The number of para-hydroxylation sites is 1. The van der Waals surface area contributed by atoms with E-state index in [0.29, 0.717) is 11.4 Å². The first kappa shape index (κ1) is 21.4. The van der Waals surface area contributed by atoms with Crippen LogP contribution in [0.1, 0.15) is 11.1 Å². The predicted octanol–water partition coefficient (Wildman–Crippen LogP) is 4.15. The lowest BCUT2D eigenvalue weighted by atomic mass is 10.1. The van der Waals surface area contributed by atoms with Crippen molar-refractivity contribution in [3.8, 4) is 5.75 Å². The van der Waals surface area contributed by atoms with Gasteiger partial charge in [0.1, 0.15) is 5.75 Å². The first-order chi connectivity index (χ1) is 14.3. The fourth-order valence-corrected chi connectivity index (χ4v) is 4.19. The molecule has 30 heavy (non-hydrogen) atoms. The van der Waals surface area contributed by atoms with E-state index >= 15 is 0 Å². The molecule has 0 unspecified atom stereocenters. The molecule has 0 spiro atoms. The molecule has 6 nitrogen and oxygen atoms in total. The number of rotatable bonds is 7. The number of carbonyl (C=O) groups excluding carboxylic acids is 1. The van der Waals surface area contributed by atoms with Gasteiger partial charge >= 0.3 is 0 Å². The summed E-state index contributed by atoms with van der Waals surface area (Å²) in [6.07, 6.45) is 0. The van der Waals surface area contributed by atoms with E-state index in [4.69, 9.17) is 4.74 Å². The number of anilines is 2. The third kappa shape index (κ3) is 4.80. The van der Waals surface area contributed by atoms with Crippen LogP contribution in [0.3, 0.4) is 0 Å². The Balaban J connectivity index is 1.63. The summed E-state index contributed by atoms with van der Waals surface area (Å²) >= 11 is 0. The minimum atomic E-state index is -3.64. The molecular formula is C23H24N2O4S. The van der Waals surface area contributed by atoms with Crippen LogP contribution in [0.5, 0.6) is 5.75 Å². The third-order valence-electron chi connectivity index (χ3n) is 4.72. The molecule has 0 aromatic heterocycles. The lowest BCUT2D eigenvalue weighted by Crippen LogP contribution is -2.26. The molecule has 3 aromatic rings. The fraction of sp³-hybridized carbons (Fsp3) is 0.174. The molecule has 0 saturated heterocycles. The summed E-state index contributed by atoms with van der Waals surface area (Å²) in [6, 6.07) is 20.6. The van der Waals surface area contributed by atoms with Crippen molar-refractivity contribution in [1.29, 1.82) is 0 Å². The molecule has 0 aliphatic carbocycles. The summed E-state index contributed by atoms with van der Waals surface area (Å²) in [4.78, 5) is 12.4. The summed E-state index contributed by atoms with van der Waals surface area (Å²) in [5.74, 6) is 0.209. The molecule has 0 saturated carbocycles. The number of amides is 1. The highest BCUT2D eigenvalue weighted by Gasteiger charge is 2.20. The molecule has 3 rings (SSSR count). The molecule has 1 amide bonds. The van der Waals surface area contributed by atoms with Gasteiger partial charge in [0, 0.05) is 12.7 Å². The molecule has 156 valence electrons. The molecule has 7 heteroatoms. The highest BCUT2D eigenvalue weighted by molar-refractivity contribution is 7.92. The van der Waals surface area contributed by atoms with Gasteiger partial charge in [-0.3, -0.25) is 9.10 Å². The molecule has 3 aromatic carbocycles. The number of aryl methyl sites for hydroxylation is 2. The van der Waals surface area contributed by atoms with Gasteiger partial charge in [0.25, 0.3) is 15.9 Å². The Hall–Kier alpha value is -3.32. The Labute approximate surface area is 177 Å². The summed E-state index contributed by atoms with van der Waals surface area (Å²) in [5.41, 5.74) is 3.24. The first-order valence-corrected chi connectivity index (χ1v) is 10.9. The van der Waals surface area contributed by atoms with Crippen LogP contribution in [0, 0.1) is 13.8 Å². The minimum absolute atomic E-state index is 0.148. The van der Waals surface area contributed by atoms with E-state index in [1.807, 2.05) is 32.0 Å². The van der Waals surface area contributed by atoms with Crippen LogP contribution in [0.25, 0.3) is 0 Å². The van der Waals surface area contributed by atoms with Crippen LogP contribution in [0.15, 0.2) is 77.7 Å². The van der Waals surface area contributed by atoms with Gasteiger partial charge in [0.15, 0.2) is 6.61 Å². The van der Waals surface area contributed by atoms with E-state index < -0.39 is 10.0 Å². The van der Waals surface area contributed by atoms with Gasteiger partial charge in [0.05, 0.1) is 10.6 Å². The van der Waals surface area contributed by atoms with Crippen molar-refractivity contribution in [3.05, 3.63) is 83.9 Å². The van der Waals surface area contributed by atoms with Crippen molar-refractivity contribution in [3.63, 3.8) is 0 Å². The number of nitrogens with one attached hydrogen (secondary N) is 1. The molecule has 0 aliphatic rings. The molecule has 0 aliphatic heterocycles. The number of hydrogen-bond donors (Lipinski definition) is 1. The maximum atomic E-state index is 12.7. The van der Waals surface area contributed by atoms with Crippen molar-refractivity contribution >= 4 is 27.3 Å². The van der Waals surface area contributed by atoms with Crippen LogP contribution in [0.4, 0.5) is 11.4 Å². The van der Waals surface area contributed by atoms with Gasteiger partial charge in [-0.15, -0.1) is 0 Å². The van der Waals surface area contributed by atoms with Crippen LogP contribution in [-0.2, 0) is 14.8 Å². The topological polar surface area (TPSA) is 75.7 Å². The largest absolute Gasteiger partial charge is 0.484 e. The monoisotopic (exact) mass is 424 g/mol. The smallest absolute Gasteiger partial charge is 0.264 e. The Morgan fingerprint density at radius 2 is 1.50 bits per heavy atom. The zero-order chi connectivity index (χ0) is 21.7. The second-order valence-corrected chi connectivity index (χ2v) is 8.85. The number of nitrogens with zero attached hydrogens (tertiary/aromatic N) is 1. The van der Waals surface area contributed by atoms with Crippen molar-refractivity contribution in [2.45, 2.75) is 18.7 Å². The number of sulfonamides is 1. The van der Waals surface area contributed by atoms with E-state index in [1.54, 1.807) is 54.6 Å². The van der Waals surface area contributed by atoms with Crippen molar-refractivity contribution in [2.24, 2.45) is 0 Å². The van der Waals surface area contributed by atoms with E-state index in [0.717, 1.165) is 16.8 Å². The standard InChI is InChI=1S/C23H24N2O4S/c1-17-8-7-9-18(2)23(17)24-22(26)16-29-20-14-12-19(13-15-20)25(3)30(27,28)21-10-5-4-6-11-21/h4-15H,16H2,1-3H3,(H,24,26). The van der Waals surface area contributed by atoms with Gasteiger partial charge < -0.3 is 10.1 Å². The summed E-state index contributed by atoms with van der Waals surface area (Å²) < 4.78 is 32.2. The number of ether oxygens (including phenoxy) is 1. The highest BCUT2D eigenvalue weighted by Crippen LogP contribution is 2.24. The van der Waals surface area contributed by atoms with Crippen molar-refractivity contribution < 1.29 is 17.9 Å². The second-order valence-electron chi connectivity index (χ2n) is 6.88. The molecule has 0 radical (unpaired) electrons. The molecular weight excluding hydrogens is 400 g/mol. The van der Waals surface area contributed by atoms with Crippen molar-refractivity contribution in [1.82, 2.24) is 0 Å². The summed E-state index contributed by atoms with van der Waals surface area (Å²) in [7, 11) is -2.15. The average molecular weight is 425 g/mol.